The normalized spacial score (nSPS) is 16.8. The fraction of sp³-hybridized carbons (Fsp3) is 0.172. The number of nitrogens with zero attached hydrogens (tertiary/aromatic N) is 2. The SMILES string of the molecule is CC(=O)n1cc([C@@H]2C(C(=O)OCc3ccccc3)=[N+]([O-])O[C@@H]2C(=O)OCc2ccccc2)c2ccccc21. The van der Waals surface area contributed by atoms with Crippen LogP contribution < -0.4 is 0 Å². The molecule has 4 aromatic rings. The molecule has 0 saturated heterocycles. The van der Waals surface area contributed by atoms with E-state index in [1.54, 1.807) is 60.7 Å². The van der Waals surface area contributed by atoms with Gasteiger partial charge < -0.3 is 14.3 Å². The second-order valence-electron chi connectivity index (χ2n) is 8.79. The number of carbonyl (C=O) groups is 3. The van der Waals surface area contributed by atoms with Crippen molar-refractivity contribution in [1.82, 2.24) is 4.57 Å². The molecule has 1 aliphatic rings. The first kappa shape index (κ1) is 24.8. The number of rotatable bonds is 7. The van der Waals surface area contributed by atoms with Gasteiger partial charge in [0.05, 0.1) is 10.4 Å². The van der Waals surface area contributed by atoms with Crippen molar-refractivity contribution in [2.75, 3.05) is 0 Å². The molecule has 1 aliphatic heterocycles. The van der Waals surface area contributed by atoms with Crippen molar-refractivity contribution in [3.05, 3.63) is 113 Å². The molecule has 0 spiro atoms. The second kappa shape index (κ2) is 10.6. The van der Waals surface area contributed by atoms with E-state index in [-0.39, 0.29) is 24.0 Å². The van der Waals surface area contributed by atoms with Gasteiger partial charge in [0.15, 0.2) is 6.10 Å². The van der Waals surface area contributed by atoms with E-state index in [9.17, 15) is 19.6 Å². The van der Waals surface area contributed by atoms with E-state index in [2.05, 4.69) is 0 Å². The Kier molecular flexibility index (Phi) is 6.90. The van der Waals surface area contributed by atoms with Crippen LogP contribution in [-0.2, 0) is 37.1 Å². The molecule has 9 nitrogen and oxygen atoms in total. The third-order valence-electron chi connectivity index (χ3n) is 6.30. The fourth-order valence-electron chi connectivity index (χ4n) is 4.49. The standard InChI is InChI=1S/C29H24N2O7/c1-19(32)30-16-23(22-14-8-9-15-24(22)30)25-26(28(33)36-17-20-10-4-2-5-11-20)31(35)38-27(25)29(34)37-18-21-12-6-3-7-13-21/h2-16,25,27H,17-18H2,1H3/t25-,27+/m1/s1. The largest absolute Gasteiger partial charge is 0.460 e. The van der Waals surface area contributed by atoms with Crippen molar-refractivity contribution in [3.8, 4) is 0 Å². The molecular weight excluding hydrogens is 488 g/mol. The van der Waals surface area contributed by atoms with Crippen LogP contribution in [0, 0.1) is 5.21 Å². The van der Waals surface area contributed by atoms with Crippen molar-refractivity contribution >= 4 is 34.5 Å². The van der Waals surface area contributed by atoms with E-state index in [1.807, 2.05) is 24.3 Å². The number of hydrogen-bond acceptors (Lipinski definition) is 7. The van der Waals surface area contributed by atoms with Gasteiger partial charge in [-0.1, -0.05) is 78.9 Å². The van der Waals surface area contributed by atoms with Gasteiger partial charge in [-0.2, -0.15) is 0 Å². The lowest BCUT2D eigenvalue weighted by Crippen LogP contribution is -2.34. The predicted molar refractivity (Wildman–Crippen MR) is 137 cm³/mol. The first-order valence-corrected chi connectivity index (χ1v) is 12.0. The average molecular weight is 513 g/mol. The number of aromatic nitrogens is 1. The van der Waals surface area contributed by atoms with E-state index in [0.29, 0.717) is 16.5 Å². The molecule has 192 valence electrons. The minimum absolute atomic E-state index is 0.0202. The van der Waals surface area contributed by atoms with Crippen LogP contribution in [0.2, 0.25) is 0 Å². The summed E-state index contributed by atoms with van der Waals surface area (Å²) in [7, 11) is 0. The molecule has 2 heterocycles. The maximum absolute atomic E-state index is 13.2. The molecule has 0 aliphatic carbocycles. The minimum Gasteiger partial charge on any atom is -0.460 e. The molecule has 0 fully saturated rings. The number of esters is 2. The van der Waals surface area contributed by atoms with E-state index in [1.165, 1.54) is 17.7 Å². The lowest BCUT2D eigenvalue weighted by Gasteiger charge is -2.17. The van der Waals surface area contributed by atoms with Gasteiger partial charge in [-0.05, 0) is 22.8 Å². The van der Waals surface area contributed by atoms with Crippen molar-refractivity contribution in [1.29, 1.82) is 0 Å². The molecular formula is C29H24N2O7. The molecule has 2 atom stereocenters. The second-order valence-corrected chi connectivity index (χ2v) is 8.79. The van der Waals surface area contributed by atoms with Gasteiger partial charge in [0.25, 0.3) is 0 Å². The Morgan fingerprint density at radius 3 is 2.08 bits per heavy atom. The smallest absolute Gasteiger partial charge is 0.406 e. The summed E-state index contributed by atoms with van der Waals surface area (Å²) >= 11 is 0. The van der Waals surface area contributed by atoms with Gasteiger partial charge in [-0.25, -0.2) is 4.79 Å². The van der Waals surface area contributed by atoms with Gasteiger partial charge >= 0.3 is 17.7 Å². The Morgan fingerprint density at radius 2 is 1.45 bits per heavy atom. The number of carbonyl (C=O) groups excluding carboxylic acids is 3. The first-order chi connectivity index (χ1) is 18.4. The molecule has 1 aromatic heterocycles. The van der Waals surface area contributed by atoms with Gasteiger partial charge in [0.1, 0.15) is 19.1 Å². The molecule has 0 saturated carbocycles. The monoisotopic (exact) mass is 512 g/mol. The first-order valence-electron chi connectivity index (χ1n) is 12.0. The van der Waals surface area contributed by atoms with Crippen LogP contribution >= 0.6 is 0 Å². The Bertz CT molecular complexity index is 1530. The van der Waals surface area contributed by atoms with Crippen molar-refractivity contribution < 1.29 is 33.6 Å². The van der Waals surface area contributed by atoms with Gasteiger partial charge in [0, 0.05) is 18.5 Å². The zero-order chi connectivity index (χ0) is 26.6. The summed E-state index contributed by atoms with van der Waals surface area (Å²) in [5.41, 5.74) is 2.01. The topological polar surface area (TPSA) is 110 Å². The Balaban J connectivity index is 1.51. The lowest BCUT2D eigenvalue weighted by atomic mass is 9.89. The quantitative estimate of drug-likeness (QED) is 0.270. The molecule has 0 bridgehead atoms. The van der Waals surface area contributed by atoms with Crippen LogP contribution in [0.5, 0.6) is 0 Å². The van der Waals surface area contributed by atoms with Crippen LogP contribution in [0.4, 0.5) is 0 Å². The number of ether oxygens (including phenoxy) is 2. The van der Waals surface area contributed by atoms with Crippen molar-refractivity contribution in [3.63, 3.8) is 0 Å². The summed E-state index contributed by atoms with van der Waals surface area (Å²) in [5.74, 6) is -3.22. The average Bonchev–Trinajstić information content (AvgIpc) is 3.49. The predicted octanol–water partition coefficient (Wildman–Crippen LogP) is 4.14. The molecule has 0 unspecified atom stereocenters. The minimum atomic E-state index is -1.47. The number of benzene rings is 3. The van der Waals surface area contributed by atoms with Gasteiger partial charge in [0.2, 0.25) is 5.91 Å². The summed E-state index contributed by atoms with van der Waals surface area (Å²) in [6.07, 6.45) is 0.0454. The summed E-state index contributed by atoms with van der Waals surface area (Å²) in [4.78, 5) is 44.2. The summed E-state index contributed by atoms with van der Waals surface area (Å²) in [5, 5.41) is 13.5. The maximum Gasteiger partial charge on any atom is 0.406 e. The molecule has 9 heteroatoms. The molecule has 38 heavy (non-hydrogen) atoms. The summed E-state index contributed by atoms with van der Waals surface area (Å²) in [6, 6.07) is 25.0. The molecule has 0 N–H and O–H groups in total. The zero-order valence-electron chi connectivity index (χ0n) is 20.5. The summed E-state index contributed by atoms with van der Waals surface area (Å²) in [6.45, 7) is 1.27. The Morgan fingerprint density at radius 1 is 0.868 bits per heavy atom. The zero-order valence-corrected chi connectivity index (χ0v) is 20.5. The molecule has 5 rings (SSSR count). The fourth-order valence-corrected chi connectivity index (χ4v) is 4.49. The highest BCUT2D eigenvalue weighted by atomic mass is 16.9. The third kappa shape index (κ3) is 4.86. The van der Waals surface area contributed by atoms with E-state index in [4.69, 9.17) is 14.3 Å². The van der Waals surface area contributed by atoms with Gasteiger partial charge in [-0.3, -0.25) is 19.4 Å². The Hall–Kier alpha value is -4.92. The van der Waals surface area contributed by atoms with E-state index < -0.39 is 29.7 Å². The highest BCUT2D eigenvalue weighted by Crippen LogP contribution is 2.36. The van der Waals surface area contributed by atoms with Gasteiger partial charge in [-0.15, -0.1) is 0 Å². The number of hydrogen-bond donors (Lipinski definition) is 0. The lowest BCUT2D eigenvalue weighted by molar-refractivity contribution is -0.736. The van der Waals surface area contributed by atoms with Crippen LogP contribution in [0.15, 0.2) is 91.1 Å². The van der Waals surface area contributed by atoms with Crippen LogP contribution in [0.3, 0.4) is 0 Å². The summed E-state index contributed by atoms with van der Waals surface area (Å²) < 4.78 is 12.3. The number of para-hydroxylation sites is 1. The third-order valence-corrected chi connectivity index (χ3v) is 6.30. The Labute approximate surface area is 218 Å². The van der Waals surface area contributed by atoms with Crippen molar-refractivity contribution in [2.45, 2.75) is 32.2 Å². The van der Waals surface area contributed by atoms with E-state index >= 15 is 0 Å². The van der Waals surface area contributed by atoms with E-state index in [0.717, 1.165) is 11.1 Å². The molecule has 0 amide bonds. The maximum atomic E-state index is 13.2. The highest BCUT2D eigenvalue weighted by Gasteiger charge is 2.51. The molecule has 3 aromatic carbocycles. The van der Waals surface area contributed by atoms with Crippen molar-refractivity contribution in [2.24, 2.45) is 0 Å². The molecule has 0 radical (unpaired) electrons. The van der Waals surface area contributed by atoms with Crippen LogP contribution in [0.1, 0.15) is 34.3 Å². The van der Waals surface area contributed by atoms with Crippen LogP contribution in [-0.4, -0.2) is 39.1 Å². The highest BCUT2D eigenvalue weighted by molar-refractivity contribution is 6.37. The van der Waals surface area contributed by atoms with Crippen LogP contribution in [0.25, 0.3) is 10.9 Å². The number of fused-ring (bicyclic) bond motifs is 1.